The molecule has 1 atom stereocenters. The highest BCUT2D eigenvalue weighted by Gasteiger charge is 2.35. The number of fused-ring (bicyclic) bond motifs is 1. The Hall–Kier alpha value is -4.80. The Morgan fingerprint density at radius 3 is 2.41 bits per heavy atom. The summed E-state index contributed by atoms with van der Waals surface area (Å²) in [5.41, 5.74) is 5.54. The maximum Gasteiger partial charge on any atom is 0.338 e. The van der Waals surface area contributed by atoms with E-state index in [2.05, 4.69) is 4.57 Å². The molecule has 0 radical (unpaired) electrons. The largest absolute Gasteiger partial charge is 0.465 e. The van der Waals surface area contributed by atoms with Gasteiger partial charge in [-0.1, -0.05) is 47.7 Å². The number of carbonyl (C=O) groups is 2. The van der Waals surface area contributed by atoms with Crippen molar-refractivity contribution in [2.45, 2.75) is 26.8 Å². The van der Waals surface area contributed by atoms with Crippen LogP contribution < -0.4 is 14.9 Å². The zero-order valence-corrected chi connectivity index (χ0v) is 26.2. The number of rotatable bonds is 7. The van der Waals surface area contributed by atoms with Crippen molar-refractivity contribution in [1.29, 1.82) is 0 Å². The fourth-order valence-electron chi connectivity index (χ4n) is 5.49. The lowest BCUT2D eigenvalue weighted by Gasteiger charge is -2.24. The van der Waals surface area contributed by atoms with Crippen LogP contribution in [0.25, 0.3) is 17.5 Å². The van der Waals surface area contributed by atoms with Gasteiger partial charge < -0.3 is 14.0 Å². The highest BCUT2D eigenvalue weighted by molar-refractivity contribution is 7.10. The fourth-order valence-corrected chi connectivity index (χ4v) is 7.31. The van der Waals surface area contributed by atoms with Crippen molar-refractivity contribution in [3.63, 3.8) is 0 Å². The number of hydrogen-bond acceptors (Lipinski definition) is 8. The van der Waals surface area contributed by atoms with Gasteiger partial charge in [-0.25, -0.2) is 14.6 Å². The van der Waals surface area contributed by atoms with E-state index < -0.39 is 18.0 Å². The summed E-state index contributed by atoms with van der Waals surface area (Å²) in [6.07, 6.45) is 1.88. The van der Waals surface area contributed by atoms with Crippen LogP contribution in [0.1, 0.15) is 50.7 Å². The minimum Gasteiger partial charge on any atom is -0.465 e. The molecule has 3 aromatic heterocycles. The molecule has 4 heterocycles. The van der Waals surface area contributed by atoms with Crippen LogP contribution in [-0.2, 0) is 14.3 Å². The van der Waals surface area contributed by atoms with Gasteiger partial charge in [0.15, 0.2) is 4.80 Å². The first-order valence-corrected chi connectivity index (χ1v) is 15.7. The third-order valence-corrected chi connectivity index (χ3v) is 9.40. The van der Waals surface area contributed by atoms with Crippen LogP contribution >= 0.6 is 22.7 Å². The summed E-state index contributed by atoms with van der Waals surface area (Å²) in [4.78, 5) is 45.8. The number of thiophene rings is 1. The molecule has 1 aliphatic heterocycles. The van der Waals surface area contributed by atoms with E-state index in [9.17, 15) is 14.4 Å². The molecule has 0 saturated carbocycles. The van der Waals surface area contributed by atoms with Gasteiger partial charge in [0, 0.05) is 27.5 Å². The first kappa shape index (κ1) is 29.3. The summed E-state index contributed by atoms with van der Waals surface area (Å²) < 4.78 is 14.5. The van der Waals surface area contributed by atoms with Gasteiger partial charge in [-0.15, -0.1) is 11.3 Å². The van der Waals surface area contributed by atoms with E-state index in [-0.39, 0.29) is 12.2 Å². The highest BCUT2D eigenvalue weighted by atomic mass is 32.1. The zero-order valence-electron chi connectivity index (χ0n) is 24.6. The second-order valence-electron chi connectivity index (χ2n) is 10.1. The zero-order chi connectivity index (χ0) is 31.0. The molecule has 10 heteroatoms. The van der Waals surface area contributed by atoms with Crippen molar-refractivity contribution in [2.75, 3.05) is 13.7 Å². The maximum atomic E-state index is 14.2. The molecule has 0 saturated heterocycles. The monoisotopic (exact) mass is 623 g/mol. The first-order valence-electron chi connectivity index (χ1n) is 14.0. The summed E-state index contributed by atoms with van der Waals surface area (Å²) in [7, 11) is 1.36. The van der Waals surface area contributed by atoms with Gasteiger partial charge in [0.05, 0.1) is 35.1 Å². The van der Waals surface area contributed by atoms with E-state index in [0.29, 0.717) is 26.2 Å². The van der Waals surface area contributed by atoms with E-state index in [1.807, 2.05) is 86.0 Å². The molecule has 1 unspecified atom stereocenters. The van der Waals surface area contributed by atoms with Crippen LogP contribution in [-0.4, -0.2) is 34.8 Å². The lowest BCUT2D eigenvalue weighted by atomic mass is 9.97. The Bertz CT molecular complexity index is 2080. The average Bonchev–Trinajstić information content (AvgIpc) is 3.75. The number of carbonyl (C=O) groups excluding carboxylic acids is 2. The number of aryl methyl sites for hydroxylation is 1. The van der Waals surface area contributed by atoms with Crippen LogP contribution in [0.5, 0.6) is 0 Å². The molecule has 44 heavy (non-hydrogen) atoms. The van der Waals surface area contributed by atoms with E-state index in [1.165, 1.54) is 29.8 Å². The number of methoxy groups -OCH3 is 1. The quantitative estimate of drug-likeness (QED) is 0.233. The molecule has 1 aliphatic rings. The second kappa shape index (κ2) is 12.1. The smallest absolute Gasteiger partial charge is 0.338 e. The summed E-state index contributed by atoms with van der Waals surface area (Å²) in [5.74, 6) is -0.888. The van der Waals surface area contributed by atoms with E-state index in [0.717, 1.165) is 33.1 Å². The molecule has 0 bridgehead atoms. The molecule has 8 nitrogen and oxygen atoms in total. The predicted molar refractivity (Wildman–Crippen MR) is 172 cm³/mol. The van der Waals surface area contributed by atoms with E-state index in [4.69, 9.17) is 14.5 Å². The minimum atomic E-state index is -0.677. The first-order chi connectivity index (χ1) is 21.3. The summed E-state index contributed by atoms with van der Waals surface area (Å²) >= 11 is 2.78. The number of nitrogens with zero attached hydrogens (tertiary/aromatic N) is 3. The molecule has 0 amide bonds. The molecule has 0 spiro atoms. The molecular weight excluding hydrogens is 595 g/mol. The Morgan fingerprint density at radius 1 is 1.00 bits per heavy atom. The van der Waals surface area contributed by atoms with Crippen molar-refractivity contribution in [1.82, 2.24) is 9.13 Å². The normalized spacial score (nSPS) is 14.7. The Kier molecular flexibility index (Phi) is 8.03. The third kappa shape index (κ3) is 5.16. The van der Waals surface area contributed by atoms with Gasteiger partial charge in [-0.05, 0) is 74.2 Å². The van der Waals surface area contributed by atoms with Crippen LogP contribution in [0.2, 0.25) is 0 Å². The SMILES string of the molecule is CCOC(=O)C1=C(c2ccccc2)N=c2sc(=Cc3cc(C)n(-c4ccc(C(=O)OC)cc4)c3C)c(=O)n2C1c1cccs1. The Balaban J connectivity index is 1.52. The highest BCUT2D eigenvalue weighted by Crippen LogP contribution is 2.36. The van der Waals surface area contributed by atoms with Gasteiger partial charge in [-0.2, -0.15) is 0 Å². The molecule has 0 fully saturated rings. The summed E-state index contributed by atoms with van der Waals surface area (Å²) in [5, 5.41) is 1.93. The number of aromatic nitrogens is 2. The Labute approximate surface area is 261 Å². The lowest BCUT2D eigenvalue weighted by molar-refractivity contribution is -0.138. The maximum absolute atomic E-state index is 14.2. The van der Waals surface area contributed by atoms with Crippen LogP contribution in [0.15, 0.2) is 93.5 Å². The van der Waals surface area contributed by atoms with Gasteiger partial charge in [-0.3, -0.25) is 9.36 Å². The Morgan fingerprint density at radius 2 is 1.75 bits per heavy atom. The van der Waals surface area contributed by atoms with Crippen LogP contribution in [0, 0.1) is 13.8 Å². The standard InChI is InChI=1S/C34H29N3O5S2/c1-5-42-33(40)28-29(22-10-7-6-8-11-22)35-34-37(30(28)26-12-9-17-43-26)31(38)27(44-34)19-24-18-20(2)36(21(24)3)25-15-13-23(14-16-25)32(39)41-4/h6-19,30H,5H2,1-4H3. The molecule has 222 valence electrons. The second-order valence-corrected chi connectivity index (χ2v) is 12.1. The van der Waals surface area contributed by atoms with Crippen LogP contribution in [0.3, 0.4) is 0 Å². The lowest BCUT2D eigenvalue weighted by Crippen LogP contribution is -2.39. The molecule has 6 rings (SSSR count). The minimum absolute atomic E-state index is 0.201. The number of thiazole rings is 1. The van der Waals surface area contributed by atoms with E-state index in [1.54, 1.807) is 23.6 Å². The number of benzene rings is 2. The van der Waals surface area contributed by atoms with Gasteiger partial charge >= 0.3 is 11.9 Å². The van der Waals surface area contributed by atoms with Gasteiger partial charge in [0.2, 0.25) is 0 Å². The average molecular weight is 624 g/mol. The fraction of sp³-hybridized carbons (Fsp3) is 0.176. The number of hydrogen-bond donors (Lipinski definition) is 0. The molecule has 5 aromatic rings. The van der Waals surface area contributed by atoms with Gasteiger partial charge in [0.25, 0.3) is 5.56 Å². The van der Waals surface area contributed by atoms with E-state index >= 15 is 0 Å². The number of ether oxygens (including phenoxy) is 2. The van der Waals surface area contributed by atoms with Crippen molar-refractivity contribution in [3.8, 4) is 5.69 Å². The topological polar surface area (TPSA) is 91.9 Å². The van der Waals surface area contributed by atoms with Crippen molar-refractivity contribution in [2.24, 2.45) is 4.99 Å². The predicted octanol–water partition coefficient (Wildman–Crippen LogP) is 5.19. The summed E-state index contributed by atoms with van der Waals surface area (Å²) in [6, 6.07) is 21.9. The third-order valence-electron chi connectivity index (χ3n) is 7.49. The van der Waals surface area contributed by atoms with Crippen LogP contribution in [0.4, 0.5) is 0 Å². The molecule has 0 aliphatic carbocycles. The number of esters is 2. The molecule has 0 N–H and O–H groups in total. The van der Waals surface area contributed by atoms with Crippen molar-refractivity contribution in [3.05, 3.63) is 136 Å². The van der Waals surface area contributed by atoms with Gasteiger partial charge in [0.1, 0.15) is 6.04 Å². The van der Waals surface area contributed by atoms with Crippen molar-refractivity contribution < 1.29 is 19.1 Å². The molecular formula is C34H29N3O5S2. The van der Waals surface area contributed by atoms with Crippen molar-refractivity contribution >= 4 is 46.4 Å². The summed E-state index contributed by atoms with van der Waals surface area (Å²) in [6.45, 7) is 5.95. The molecule has 2 aromatic carbocycles.